The Morgan fingerprint density at radius 1 is 1.07 bits per heavy atom. The van der Waals surface area contributed by atoms with Crippen molar-refractivity contribution < 1.29 is 32.6 Å². The van der Waals surface area contributed by atoms with Crippen molar-refractivity contribution in [3.05, 3.63) is 58.9 Å². The summed E-state index contributed by atoms with van der Waals surface area (Å²) in [5.74, 6) is -1.36. The van der Waals surface area contributed by atoms with Crippen LogP contribution in [0.4, 0.5) is 13.2 Å². The first-order valence-electron chi connectivity index (χ1n) is 8.24. The van der Waals surface area contributed by atoms with Gasteiger partial charge < -0.3 is 9.84 Å². The van der Waals surface area contributed by atoms with Crippen LogP contribution < -0.4 is 0 Å². The lowest BCUT2D eigenvalue weighted by atomic mass is 10.1. The minimum atomic E-state index is -4.41. The normalized spacial score (nSPS) is 11.3. The molecule has 0 aliphatic heterocycles. The molecule has 0 amide bonds. The van der Waals surface area contributed by atoms with Gasteiger partial charge in [0.1, 0.15) is 11.4 Å². The van der Waals surface area contributed by atoms with E-state index < -0.39 is 23.5 Å². The van der Waals surface area contributed by atoms with Gasteiger partial charge in [-0.15, -0.1) is 0 Å². The maximum atomic E-state index is 12.6. The number of alkyl halides is 3. The number of Topliss-reactive ketones (excluding diaryl/α,β-unsaturated/α-hetero) is 1. The number of carbonyl (C=O) groups excluding carboxylic acids is 2. The summed E-state index contributed by atoms with van der Waals surface area (Å²) < 4.78 is 42.5. The summed E-state index contributed by atoms with van der Waals surface area (Å²) in [6.45, 7) is 1.86. The van der Waals surface area contributed by atoms with Gasteiger partial charge in [-0.1, -0.05) is 12.1 Å². The second-order valence-corrected chi connectivity index (χ2v) is 5.77. The van der Waals surface area contributed by atoms with Gasteiger partial charge in [0, 0.05) is 18.5 Å². The predicted octanol–water partition coefficient (Wildman–Crippen LogP) is 3.92. The summed E-state index contributed by atoms with van der Waals surface area (Å²) >= 11 is 0. The third-order valence-electron chi connectivity index (χ3n) is 3.72. The number of carbonyl (C=O) groups is 2. The number of halogens is 3. The fraction of sp³-hybridized carbons (Fsp3) is 0.316. The largest absolute Gasteiger partial charge is 0.506 e. The van der Waals surface area contributed by atoms with Gasteiger partial charge in [-0.05, 0) is 36.8 Å². The van der Waals surface area contributed by atoms with Crippen molar-refractivity contribution in [1.82, 2.24) is 4.98 Å². The van der Waals surface area contributed by atoms with Crippen molar-refractivity contribution in [3.8, 4) is 5.75 Å². The number of pyridine rings is 1. The van der Waals surface area contributed by atoms with Crippen LogP contribution in [0.3, 0.4) is 0 Å². The first-order chi connectivity index (χ1) is 12.7. The Labute approximate surface area is 153 Å². The first-order valence-corrected chi connectivity index (χ1v) is 8.24. The van der Waals surface area contributed by atoms with Gasteiger partial charge in [-0.25, -0.2) is 4.98 Å². The van der Waals surface area contributed by atoms with Gasteiger partial charge in [0.25, 0.3) is 0 Å². The van der Waals surface area contributed by atoms with Crippen molar-refractivity contribution in [3.63, 3.8) is 0 Å². The van der Waals surface area contributed by atoms with Crippen LogP contribution in [0.2, 0.25) is 0 Å². The van der Waals surface area contributed by atoms with Crippen molar-refractivity contribution in [1.29, 1.82) is 0 Å². The summed E-state index contributed by atoms with van der Waals surface area (Å²) in [5.41, 5.74) is 0.0570. The monoisotopic (exact) mass is 381 g/mol. The molecule has 0 unspecified atom stereocenters. The number of benzene rings is 1. The van der Waals surface area contributed by atoms with Gasteiger partial charge in [0.05, 0.1) is 18.6 Å². The van der Waals surface area contributed by atoms with Crippen molar-refractivity contribution >= 4 is 11.8 Å². The van der Waals surface area contributed by atoms with Crippen LogP contribution in [0.25, 0.3) is 0 Å². The predicted molar refractivity (Wildman–Crippen MR) is 90.3 cm³/mol. The third-order valence-corrected chi connectivity index (χ3v) is 3.72. The molecule has 5 nitrogen and oxygen atoms in total. The number of hydrogen-bond donors (Lipinski definition) is 1. The van der Waals surface area contributed by atoms with E-state index in [4.69, 9.17) is 4.74 Å². The van der Waals surface area contributed by atoms with E-state index >= 15 is 0 Å². The van der Waals surface area contributed by atoms with E-state index in [0.717, 1.165) is 12.1 Å². The van der Waals surface area contributed by atoms with Gasteiger partial charge in [0.15, 0.2) is 5.78 Å². The fourth-order valence-electron chi connectivity index (χ4n) is 2.38. The molecule has 2 rings (SSSR count). The summed E-state index contributed by atoms with van der Waals surface area (Å²) in [6.07, 6.45) is -4.51. The zero-order valence-electron chi connectivity index (χ0n) is 14.5. The number of esters is 1. The Hall–Kier alpha value is -2.90. The van der Waals surface area contributed by atoms with Crippen LogP contribution in [0.1, 0.15) is 47.1 Å². The molecule has 0 fully saturated rings. The molecule has 2 aromatic rings. The van der Waals surface area contributed by atoms with Gasteiger partial charge in [-0.3, -0.25) is 9.59 Å². The van der Waals surface area contributed by atoms with Crippen molar-refractivity contribution in [2.45, 2.75) is 32.4 Å². The molecule has 0 bridgehead atoms. The zero-order chi connectivity index (χ0) is 20.0. The third kappa shape index (κ3) is 5.80. The summed E-state index contributed by atoms with van der Waals surface area (Å²) in [5, 5.41) is 9.84. The lowest BCUT2D eigenvalue weighted by molar-refractivity contribution is -0.143. The Kier molecular flexibility index (Phi) is 6.55. The molecule has 1 aromatic carbocycles. The molecule has 0 radical (unpaired) electrons. The molecule has 0 saturated carbocycles. The van der Waals surface area contributed by atoms with Crippen molar-refractivity contribution in [2.24, 2.45) is 0 Å². The highest BCUT2D eigenvalue weighted by Gasteiger charge is 2.29. The van der Waals surface area contributed by atoms with E-state index in [0.29, 0.717) is 11.3 Å². The molecule has 0 atom stereocenters. The molecular formula is C19H18F3NO4. The fourth-order valence-corrected chi connectivity index (χ4v) is 2.38. The molecular weight excluding hydrogens is 363 g/mol. The molecule has 0 saturated heterocycles. The summed E-state index contributed by atoms with van der Waals surface area (Å²) in [4.78, 5) is 27.6. The Morgan fingerprint density at radius 3 is 2.33 bits per heavy atom. The maximum absolute atomic E-state index is 12.6. The minimum Gasteiger partial charge on any atom is -0.506 e. The van der Waals surface area contributed by atoms with Crippen LogP contribution in [0, 0.1) is 0 Å². The van der Waals surface area contributed by atoms with Crippen LogP contribution >= 0.6 is 0 Å². The molecule has 0 aliphatic rings. The van der Waals surface area contributed by atoms with Crippen LogP contribution in [0.15, 0.2) is 36.4 Å². The summed E-state index contributed by atoms with van der Waals surface area (Å²) in [7, 11) is 0. The molecule has 1 N–H and O–H groups in total. The standard InChI is InChI=1S/C19H18F3NO4/c1-2-27-17(26)10-9-16(25)18-15(24)8-7-14(23-18)11-12-3-5-13(6-4-12)19(20,21)22/h3-8,24H,2,9-11H2,1H3. The number of rotatable bonds is 7. The second kappa shape index (κ2) is 8.66. The van der Waals surface area contributed by atoms with E-state index in [2.05, 4.69) is 4.98 Å². The van der Waals surface area contributed by atoms with Gasteiger partial charge in [-0.2, -0.15) is 13.2 Å². The molecule has 0 aliphatic carbocycles. The number of aromatic hydroxyl groups is 1. The maximum Gasteiger partial charge on any atom is 0.416 e. The van der Waals surface area contributed by atoms with Gasteiger partial charge >= 0.3 is 12.1 Å². The number of ether oxygens (including phenoxy) is 1. The molecule has 8 heteroatoms. The molecule has 27 heavy (non-hydrogen) atoms. The SMILES string of the molecule is CCOC(=O)CCC(=O)c1nc(Cc2ccc(C(F)(F)F)cc2)ccc1O. The number of hydrogen-bond acceptors (Lipinski definition) is 5. The Bertz CT molecular complexity index is 817. The van der Waals surface area contributed by atoms with Crippen LogP contribution in [0.5, 0.6) is 5.75 Å². The topological polar surface area (TPSA) is 76.5 Å². The van der Waals surface area contributed by atoms with E-state index in [1.54, 1.807) is 6.92 Å². The lowest BCUT2D eigenvalue weighted by Crippen LogP contribution is -2.10. The van der Waals surface area contributed by atoms with E-state index in [1.807, 2.05) is 0 Å². The van der Waals surface area contributed by atoms with Crippen LogP contribution in [-0.2, 0) is 22.1 Å². The highest BCUT2D eigenvalue weighted by atomic mass is 19.4. The Balaban J connectivity index is 2.10. The highest BCUT2D eigenvalue weighted by molar-refractivity contribution is 5.98. The summed E-state index contributed by atoms with van der Waals surface area (Å²) in [6, 6.07) is 7.39. The van der Waals surface area contributed by atoms with Crippen molar-refractivity contribution in [2.75, 3.05) is 6.61 Å². The average Bonchev–Trinajstić information content (AvgIpc) is 2.61. The van der Waals surface area contributed by atoms with E-state index in [1.165, 1.54) is 24.3 Å². The minimum absolute atomic E-state index is 0.128. The lowest BCUT2D eigenvalue weighted by Gasteiger charge is -2.09. The number of aromatic nitrogens is 1. The van der Waals surface area contributed by atoms with Crippen LogP contribution in [-0.4, -0.2) is 28.4 Å². The molecule has 144 valence electrons. The van der Waals surface area contributed by atoms with E-state index in [-0.39, 0.29) is 37.3 Å². The quantitative estimate of drug-likeness (QED) is 0.581. The average molecular weight is 381 g/mol. The Morgan fingerprint density at radius 2 is 1.74 bits per heavy atom. The molecule has 1 heterocycles. The smallest absolute Gasteiger partial charge is 0.416 e. The zero-order valence-corrected chi connectivity index (χ0v) is 14.5. The highest BCUT2D eigenvalue weighted by Crippen LogP contribution is 2.29. The number of nitrogens with zero attached hydrogens (tertiary/aromatic N) is 1. The van der Waals surface area contributed by atoms with Gasteiger partial charge in [0.2, 0.25) is 0 Å². The first kappa shape index (κ1) is 20.4. The number of ketones is 1. The van der Waals surface area contributed by atoms with E-state index in [9.17, 15) is 27.9 Å². The second-order valence-electron chi connectivity index (χ2n) is 5.77. The molecule has 1 aromatic heterocycles. The molecule has 0 spiro atoms.